The van der Waals surface area contributed by atoms with Gasteiger partial charge in [-0.15, -0.1) is 22.7 Å². The molecular formula is C19H17N3OS2. The fourth-order valence-corrected chi connectivity index (χ4v) is 4.67. The highest BCUT2D eigenvalue weighted by Gasteiger charge is 2.17. The minimum absolute atomic E-state index is 0.0359. The van der Waals surface area contributed by atoms with E-state index in [4.69, 9.17) is 0 Å². The third-order valence-corrected chi connectivity index (χ3v) is 6.10. The quantitative estimate of drug-likeness (QED) is 0.568. The van der Waals surface area contributed by atoms with Crippen molar-refractivity contribution in [2.75, 3.05) is 0 Å². The number of hydrogen-bond donors (Lipinski definition) is 1. The molecule has 0 fully saturated rings. The Hall–Kier alpha value is -2.44. The Kier molecular flexibility index (Phi) is 4.15. The first-order chi connectivity index (χ1) is 12.1. The van der Waals surface area contributed by atoms with Gasteiger partial charge in [-0.25, -0.2) is 4.68 Å². The third kappa shape index (κ3) is 3.10. The number of amides is 1. The van der Waals surface area contributed by atoms with Crippen LogP contribution >= 0.6 is 22.7 Å². The summed E-state index contributed by atoms with van der Waals surface area (Å²) in [5.74, 6) is -0.0359. The summed E-state index contributed by atoms with van der Waals surface area (Å²) in [5, 5.41) is 8.66. The molecule has 4 nitrogen and oxygen atoms in total. The molecule has 1 N–H and O–H groups in total. The van der Waals surface area contributed by atoms with Crippen molar-refractivity contribution in [1.29, 1.82) is 0 Å². The molecule has 25 heavy (non-hydrogen) atoms. The fourth-order valence-electron chi connectivity index (χ4n) is 2.74. The van der Waals surface area contributed by atoms with Crippen LogP contribution < -0.4 is 5.32 Å². The highest BCUT2D eigenvalue weighted by Crippen LogP contribution is 2.30. The van der Waals surface area contributed by atoms with Crippen LogP contribution in [0, 0.1) is 13.8 Å². The molecule has 1 amide bonds. The summed E-state index contributed by atoms with van der Waals surface area (Å²) < 4.78 is 1.91. The van der Waals surface area contributed by atoms with Gasteiger partial charge in [0.05, 0.1) is 22.8 Å². The van der Waals surface area contributed by atoms with Gasteiger partial charge in [-0.1, -0.05) is 18.2 Å². The summed E-state index contributed by atoms with van der Waals surface area (Å²) in [4.78, 5) is 16.7. The number of rotatable bonds is 4. The standard InChI is InChI=1S/C19H17N3OS2/c1-12-8-9-15(24-12)11-20-18(23)17-10-16-13(2)21-22(19(16)25-17)14-6-4-3-5-7-14/h3-10H,11H2,1-2H3,(H,20,23). The highest BCUT2D eigenvalue weighted by molar-refractivity contribution is 7.20. The van der Waals surface area contributed by atoms with Crippen LogP contribution in [0.2, 0.25) is 0 Å². The van der Waals surface area contributed by atoms with Gasteiger partial charge in [0, 0.05) is 15.1 Å². The summed E-state index contributed by atoms with van der Waals surface area (Å²) >= 11 is 3.19. The smallest absolute Gasteiger partial charge is 0.261 e. The number of para-hydroxylation sites is 1. The zero-order chi connectivity index (χ0) is 17.4. The van der Waals surface area contributed by atoms with Gasteiger partial charge < -0.3 is 5.32 Å². The second-order valence-electron chi connectivity index (χ2n) is 5.86. The SMILES string of the molecule is Cc1ccc(CNC(=O)c2cc3c(C)nn(-c4ccccc4)c3s2)s1. The molecule has 126 valence electrons. The van der Waals surface area contributed by atoms with Crippen LogP contribution in [0.5, 0.6) is 0 Å². The molecule has 0 saturated carbocycles. The molecule has 0 aliphatic heterocycles. The lowest BCUT2D eigenvalue weighted by Crippen LogP contribution is -2.21. The van der Waals surface area contributed by atoms with E-state index in [1.165, 1.54) is 21.1 Å². The van der Waals surface area contributed by atoms with E-state index in [0.717, 1.165) is 21.6 Å². The molecule has 0 aliphatic carbocycles. The number of benzene rings is 1. The Morgan fingerprint density at radius 2 is 1.92 bits per heavy atom. The number of fused-ring (bicyclic) bond motifs is 1. The molecule has 0 atom stereocenters. The Morgan fingerprint density at radius 1 is 1.12 bits per heavy atom. The Bertz CT molecular complexity index is 1040. The van der Waals surface area contributed by atoms with E-state index < -0.39 is 0 Å². The first kappa shape index (κ1) is 16.1. The molecular weight excluding hydrogens is 350 g/mol. The van der Waals surface area contributed by atoms with Gasteiger partial charge in [0.1, 0.15) is 4.83 Å². The highest BCUT2D eigenvalue weighted by atomic mass is 32.1. The number of thiophene rings is 2. The van der Waals surface area contributed by atoms with Gasteiger partial charge in [0.15, 0.2) is 0 Å². The number of nitrogens with zero attached hydrogens (tertiary/aromatic N) is 2. The third-order valence-electron chi connectivity index (χ3n) is 3.99. The van der Waals surface area contributed by atoms with Crippen molar-refractivity contribution in [3.8, 4) is 5.69 Å². The number of carbonyl (C=O) groups is 1. The van der Waals surface area contributed by atoms with Crippen molar-refractivity contribution >= 4 is 38.8 Å². The Balaban J connectivity index is 1.61. The molecule has 3 heterocycles. The first-order valence-corrected chi connectivity index (χ1v) is 9.63. The minimum Gasteiger partial charge on any atom is -0.346 e. The lowest BCUT2D eigenvalue weighted by atomic mass is 10.3. The van der Waals surface area contributed by atoms with Crippen molar-refractivity contribution in [3.63, 3.8) is 0 Å². The van der Waals surface area contributed by atoms with E-state index in [9.17, 15) is 4.79 Å². The van der Waals surface area contributed by atoms with E-state index in [2.05, 4.69) is 29.5 Å². The maximum Gasteiger partial charge on any atom is 0.261 e. The van der Waals surface area contributed by atoms with E-state index >= 15 is 0 Å². The van der Waals surface area contributed by atoms with Crippen LogP contribution in [-0.4, -0.2) is 15.7 Å². The van der Waals surface area contributed by atoms with Crippen molar-refractivity contribution in [2.24, 2.45) is 0 Å². The van der Waals surface area contributed by atoms with Gasteiger partial charge in [0.2, 0.25) is 0 Å². The number of nitrogens with one attached hydrogen (secondary N) is 1. The van der Waals surface area contributed by atoms with Gasteiger partial charge >= 0.3 is 0 Å². The summed E-state index contributed by atoms with van der Waals surface area (Å²) in [6.07, 6.45) is 0. The van der Waals surface area contributed by atoms with Gasteiger partial charge in [-0.2, -0.15) is 5.10 Å². The van der Waals surface area contributed by atoms with Crippen molar-refractivity contribution in [3.05, 3.63) is 68.9 Å². The van der Waals surface area contributed by atoms with E-state index in [0.29, 0.717) is 11.4 Å². The number of aromatic nitrogens is 2. The average molecular weight is 367 g/mol. The second kappa shape index (κ2) is 6.46. The molecule has 3 aromatic heterocycles. The maximum absolute atomic E-state index is 12.5. The zero-order valence-electron chi connectivity index (χ0n) is 13.9. The van der Waals surface area contributed by atoms with Crippen LogP contribution in [0.15, 0.2) is 48.5 Å². The molecule has 0 bridgehead atoms. The predicted octanol–water partition coefficient (Wildman–Crippen LogP) is 4.70. The number of aryl methyl sites for hydroxylation is 2. The van der Waals surface area contributed by atoms with Gasteiger partial charge in [-0.3, -0.25) is 4.79 Å². The summed E-state index contributed by atoms with van der Waals surface area (Å²) in [5.41, 5.74) is 1.94. The topological polar surface area (TPSA) is 46.9 Å². The van der Waals surface area contributed by atoms with Crippen molar-refractivity contribution < 1.29 is 4.79 Å². The summed E-state index contributed by atoms with van der Waals surface area (Å²) in [6, 6.07) is 16.1. The molecule has 1 aromatic carbocycles. The van der Waals surface area contributed by atoms with E-state index in [1.807, 2.05) is 48.0 Å². The molecule has 0 radical (unpaired) electrons. The summed E-state index contributed by atoms with van der Waals surface area (Å²) in [7, 11) is 0. The Labute approximate surface area is 153 Å². The van der Waals surface area contributed by atoms with Gasteiger partial charge in [-0.05, 0) is 44.2 Å². The number of hydrogen-bond acceptors (Lipinski definition) is 4. The van der Waals surface area contributed by atoms with E-state index in [-0.39, 0.29) is 5.91 Å². The lowest BCUT2D eigenvalue weighted by molar-refractivity contribution is 0.0955. The normalized spacial score (nSPS) is 11.1. The van der Waals surface area contributed by atoms with Crippen LogP contribution in [0.3, 0.4) is 0 Å². The average Bonchev–Trinajstić information content (AvgIpc) is 3.30. The minimum atomic E-state index is -0.0359. The van der Waals surface area contributed by atoms with Crippen molar-refractivity contribution in [1.82, 2.24) is 15.1 Å². The second-order valence-corrected chi connectivity index (χ2v) is 8.26. The van der Waals surface area contributed by atoms with E-state index in [1.54, 1.807) is 11.3 Å². The first-order valence-electron chi connectivity index (χ1n) is 8.00. The zero-order valence-corrected chi connectivity index (χ0v) is 15.6. The Morgan fingerprint density at radius 3 is 2.64 bits per heavy atom. The fraction of sp³-hybridized carbons (Fsp3) is 0.158. The van der Waals surface area contributed by atoms with Crippen LogP contribution in [0.1, 0.15) is 25.1 Å². The largest absolute Gasteiger partial charge is 0.346 e. The molecule has 4 rings (SSSR count). The molecule has 0 saturated heterocycles. The van der Waals surface area contributed by atoms with Gasteiger partial charge in [0.25, 0.3) is 5.91 Å². The number of carbonyl (C=O) groups excluding carboxylic acids is 1. The molecule has 0 aliphatic rings. The molecule has 4 aromatic rings. The van der Waals surface area contributed by atoms with Crippen molar-refractivity contribution in [2.45, 2.75) is 20.4 Å². The lowest BCUT2D eigenvalue weighted by Gasteiger charge is -2.02. The molecule has 0 spiro atoms. The van der Waals surface area contributed by atoms with Crippen LogP contribution in [0.4, 0.5) is 0 Å². The summed E-state index contributed by atoms with van der Waals surface area (Å²) in [6.45, 7) is 4.61. The molecule has 6 heteroatoms. The van der Waals surface area contributed by atoms with Crippen LogP contribution in [-0.2, 0) is 6.54 Å². The molecule has 0 unspecified atom stereocenters. The predicted molar refractivity (Wildman–Crippen MR) is 104 cm³/mol. The monoisotopic (exact) mass is 367 g/mol. The maximum atomic E-state index is 12.5. The van der Waals surface area contributed by atoms with Crippen LogP contribution in [0.25, 0.3) is 15.9 Å².